The first-order valence-electron chi connectivity index (χ1n) is 10.5. The molecule has 0 radical (unpaired) electrons. The highest BCUT2D eigenvalue weighted by Gasteiger charge is 2.19. The largest absolute Gasteiger partial charge is 0.370 e. The van der Waals surface area contributed by atoms with E-state index in [9.17, 15) is 0 Å². The minimum Gasteiger partial charge on any atom is -0.370 e. The molecule has 0 saturated carbocycles. The van der Waals surface area contributed by atoms with Gasteiger partial charge in [0.25, 0.3) is 0 Å². The van der Waals surface area contributed by atoms with E-state index in [4.69, 9.17) is 27.3 Å². The van der Waals surface area contributed by atoms with E-state index in [2.05, 4.69) is 28.5 Å². The number of aromatic amines is 1. The topological polar surface area (TPSA) is 143 Å². The summed E-state index contributed by atoms with van der Waals surface area (Å²) < 4.78 is 0. The summed E-state index contributed by atoms with van der Waals surface area (Å²) in [7, 11) is 1.77. The number of aromatic nitrogens is 1. The van der Waals surface area contributed by atoms with Crippen LogP contribution in [0.25, 0.3) is 22.0 Å². The summed E-state index contributed by atoms with van der Waals surface area (Å²) >= 11 is 0. The molecule has 4 aromatic rings. The van der Waals surface area contributed by atoms with Crippen molar-refractivity contribution < 1.29 is 0 Å². The van der Waals surface area contributed by atoms with Gasteiger partial charge in [-0.1, -0.05) is 18.2 Å². The molecule has 2 heterocycles. The number of fused-ring (bicyclic) bond motifs is 2. The Morgan fingerprint density at radius 2 is 1.76 bits per heavy atom. The van der Waals surface area contributed by atoms with Crippen LogP contribution in [0.1, 0.15) is 11.1 Å². The van der Waals surface area contributed by atoms with Crippen LogP contribution in [0.2, 0.25) is 0 Å². The fourth-order valence-electron chi connectivity index (χ4n) is 4.15. The molecule has 0 saturated heterocycles. The molecule has 0 atom stereocenters. The standard InChI is InChI=1S/C25H24N8/c1-33(25(28)29)18-6-2-14(3-7-18)15-4-8-22-19(11-15)20(13-30-22)23-12-16-10-17(31-24(26)27)5-9-21(16)32-23/h2-11,13,30H,12H2,1H3,(H3,28,29)(H4,26,27,31). The maximum Gasteiger partial charge on any atom is 0.192 e. The first-order valence-corrected chi connectivity index (χ1v) is 10.5. The first kappa shape index (κ1) is 20.3. The van der Waals surface area contributed by atoms with Crippen molar-refractivity contribution in [2.75, 3.05) is 17.3 Å². The summed E-state index contributed by atoms with van der Waals surface area (Å²) in [6.45, 7) is 0. The van der Waals surface area contributed by atoms with Crippen molar-refractivity contribution in [2.45, 2.75) is 6.42 Å². The van der Waals surface area contributed by atoms with Crippen molar-refractivity contribution in [1.82, 2.24) is 4.98 Å². The Hall–Kier alpha value is -4.59. The highest BCUT2D eigenvalue weighted by atomic mass is 15.2. The lowest BCUT2D eigenvalue weighted by molar-refractivity contribution is 1.20. The monoisotopic (exact) mass is 436 g/mol. The summed E-state index contributed by atoms with van der Waals surface area (Å²) in [4.78, 5) is 9.85. The third kappa shape index (κ3) is 3.78. The van der Waals surface area contributed by atoms with E-state index in [1.807, 2.05) is 48.7 Å². The second kappa shape index (κ2) is 7.83. The van der Waals surface area contributed by atoms with Crippen LogP contribution in [0.3, 0.4) is 0 Å². The smallest absolute Gasteiger partial charge is 0.192 e. The van der Waals surface area contributed by atoms with Gasteiger partial charge in [0.2, 0.25) is 0 Å². The third-order valence-corrected chi connectivity index (χ3v) is 5.91. The van der Waals surface area contributed by atoms with Gasteiger partial charge in [-0.2, -0.15) is 0 Å². The summed E-state index contributed by atoms with van der Waals surface area (Å²) in [6.07, 6.45) is 2.73. The number of benzene rings is 3. The van der Waals surface area contributed by atoms with Crippen LogP contribution in [0.15, 0.2) is 71.9 Å². The Bertz CT molecular complexity index is 1430. The Morgan fingerprint density at radius 1 is 1.00 bits per heavy atom. The molecule has 0 aliphatic carbocycles. The normalized spacial score (nSPS) is 12.3. The molecular weight excluding hydrogens is 412 g/mol. The number of nitrogens with zero attached hydrogens (tertiary/aromatic N) is 2. The van der Waals surface area contributed by atoms with Gasteiger partial charge >= 0.3 is 0 Å². The molecule has 0 fully saturated rings. The zero-order valence-corrected chi connectivity index (χ0v) is 18.1. The number of guanidine groups is 2. The van der Waals surface area contributed by atoms with Crippen LogP contribution < -0.4 is 21.7 Å². The summed E-state index contributed by atoms with van der Waals surface area (Å²) in [5.74, 6) is -0.0807. The van der Waals surface area contributed by atoms with Crippen molar-refractivity contribution in [3.05, 3.63) is 78.0 Å². The van der Waals surface area contributed by atoms with Crippen molar-refractivity contribution >= 4 is 45.6 Å². The molecule has 8 N–H and O–H groups in total. The lowest BCUT2D eigenvalue weighted by atomic mass is 9.99. The number of rotatable bonds is 4. The maximum atomic E-state index is 7.59. The number of hydrogen-bond donors (Lipinski definition) is 6. The van der Waals surface area contributed by atoms with Gasteiger partial charge in [-0.3, -0.25) is 15.8 Å². The predicted molar refractivity (Wildman–Crippen MR) is 136 cm³/mol. The van der Waals surface area contributed by atoms with Crippen molar-refractivity contribution in [1.29, 1.82) is 10.8 Å². The molecule has 0 amide bonds. The lowest BCUT2D eigenvalue weighted by Gasteiger charge is -2.17. The van der Waals surface area contributed by atoms with E-state index in [0.717, 1.165) is 55.9 Å². The number of aliphatic imine (C=N–C) groups is 1. The molecule has 33 heavy (non-hydrogen) atoms. The molecule has 8 nitrogen and oxygen atoms in total. The van der Waals surface area contributed by atoms with E-state index < -0.39 is 0 Å². The quantitative estimate of drug-likeness (QED) is 0.211. The van der Waals surface area contributed by atoms with Gasteiger partial charge in [-0.05, 0) is 59.2 Å². The van der Waals surface area contributed by atoms with E-state index in [-0.39, 0.29) is 11.9 Å². The molecule has 1 aromatic heterocycles. The van der Waals surface area contributed by atoms with E-state index in [1.165, 1.54) is 0 Å². The van der Waals surface area contributed by atoms with E-state index >= 15 is 0 Å². The average molecular weight is 437 g/mol. The van der Waals surface area contributed by atoms with Crippen molar-refractivity contribution in [3.63, 3.8) is 0 Å². The number of H-pyrrole nitrogens is 1. The van der Waals surface area contributed by atoms with Gasteiger partial charge in [0, 0.05) is 47.5 Å². The zero-order chi connectivity index (χ0) is 23.1. The maximum absolute atomic E-state index is 7.59. The molecule has 0 bridgehead atoms. The summed E-state index contributed by atoms with van der Waals surface area (Å²) in [5.41, 5.74) is 20.1. The average Bonchev–Trinajstić information content (AvgIpc) is 3.41. The van der Waals surface area contributed by atoms with Crippen LogP contribution in [0, 0.1) is 10.8 Å². The Balaban J connectivity index is 1.46. The first-order chi connectivity index (χ1) is 15.9. The number of nitrogens with two attached hydrogens (primary N) is 2. The fourth-order valence-corrected chi connectivity index (χ4v) is 4.15. The van der Waals surface area contributed by atoms with E-state index in [0.29, 0.717) is 6.42 Å². The van der Waals surface area contributed by atoms with Gasteiger partial charge in [-0.25, -0.2) is 0 Å². The summed E-state index contributed by atoms with van der Waals surface area (Å²) in [6, 6.07) is 20.2. The molecular formula is C25H24N8. The van der Waals surface area contributed by atoms with Gasteiger partial charge in [0.1, 0.15) is 0 Å². The van der Waals surface area contributed by atoms with Crippen LogP contribution in [0.4, 0.5) is 17.1 Å². The summed E-state index contributed by atoms with van der Waals surface area (Å²) in [5, 5.41) is 19.0. The molecule has 8 heteroatoms. The molecule has 0 unspecified atom stereocenters. The highest BCUT2D eigenvalue weighted by Crippen LogP contribution is 2.34. The van der Waals surface area contributed by atoms with E-state index in [1.54, 1.807) is 11.9 Å². The second-order valence-electron chi connectivity index (χ2n) is 8.07. The predicted octanol–water partition coefficient (Wildman–Crippen LogP) is 4.15. The SMILES string of the molecule is CN(C(=N)N)c1ccc(-c2ccc3[nH]cc(C4=Nc5ccc(NC(=N)N)cc5C4)c3c2)cc1. The molecule has 3 aromatic carbocycles. The lowest BCUT2D eigenvalue weighted by Crippen LogP contribution is -2.32. The Labute approximate surface area is 191 Å². The minimum atomic E-state index is -0.0841. The number of nitrogens with one attached hydrogen (secondary N) is 4. The van der Waals surface area contributed by atoms with Crippen LogP contribution in [-0.4, -0.2) is 29.7 Å². The molecule has 0 spiro atoms. The van der Waals surface area contributed by atoms with Crippen LogP contribution in [-0.2, 0) is 6.42 Å². The molecule has 1 aliphatic rings. The second-order valence-corrected chi connectivity index (χ2v) is 8.07. The zero-order valence-electron chi connectivity index (χ0n) is 18.1. The third-order valence-electron chi connectivity index (χ3n) is 5.91. The van der Waals surface area contributed by atoms with Crippen molar-refractivity contribution in [3.8, 4) is 11.1 Å². The molecule has 5 rings (SSSR count). The Kier molecular flexibility index (Phi) is 4.82. The molecule has 1 aliphatic heterocycles. The van der Waals surface area contributed by atoms with Gasteiger partial charge in [0.05, 0.1) is 11.4 Å². The van der Waals surface area contributed by atoms with Gasteiger partial charge < -0.3 is 26.7 Å². The van der Waals surface area contributed by atoms with Crippen LogP contribution in [0.5, 0.6) is 0 Å². The highest BCUT2D eigenvalue weighted by molar-refractivity contribution is 6.15. The number of hydrogen-bond acceptors (Lipinski definition) is 3. The Morgan fingerprint density at radius 3 is 2.48 bits per heavy atom. The fraction of sp³-hybridized carbons (Fsp3) is 0.0800. The van der Waals surface area contributed by atoms with Gasteiger partial charge in [0.15, 0.2) is 11.9 Å². The van der Waals surface area contributed by atoms with Gasteiger partial charge in [-0.15, -0.1) is 0 Å². The number of anilines is 2. The van der Waals surface area contributed by atoms with Crippen molar-refractivity contribution in [2.24, 2.45) is 16.5 Å². The van der Waals surface area contributed by atoms with Crippen LogP contribution >= 0.6 is 0 Å². The minimum absolute atomic E-state index is 0.00339. The molecule has 164 valence electrons.